The van der Waals surface area contributed by atoms with E-state index in [-0.39, 0.29) is 5.92 Å². The van der Waals surface area contributed by atoms with Crippen LogP contribution in [0.25, 0.3) is 16.9 Å². The second kappa shape index (κ2) is 7.59. The number of pyridine rings is 2. The Bertz CT molecular complexity index is 1190. The average molecular weight is 378 g/mol. The Hall–Kier alpha value is -3.93. The van der Waals surface area contributed by atoms with Crippen molar-refractivity contribution in [1.82, 2.24) is 29.5 Å². The molecule has 0 radical (unpaired) electrons. The second-order valence-corrected chi connectivity index (χ2v) is 6.76. The quantitative estimate of drug-likeness (QED) is 0.463. The number of nitrogens with zero attached hydrogens (tertiary/aromatic N) is 6. The van der Waals surface area contributed by atoms with E-state index in [4.69, 9.17) is 0 Å². The van der Waals surface area contributed by atoms with Crippen molar-refractivity contribution in [2.75, 3.05) is 0 Å². The van der Waals surface area contributed by atoms with Crippen molar-refractivity contribution in [1.29, 1.82) is 0 Å². The summed E-state index contributed by atoms with van der Waals surface area (Å²) in [5.41, 5.74) is 5.09. The minimum atomic E-state index is 0.0233. The number of aromatic nitrogens is 6. The first-order chi connectivity index (χ1) is 14.4. The molecule has 0 aliphatic carbocycles. The molecule has 0 saturated carbocycles. The molecule has 5 aromatic rings. The lowest BCUT2D eigenvalue weighted by Crippen LogP contribution is -2.11. The van der Waals surface area contributed by atoms with Crippen LogP contribution < -0.4 is 0 Å². The summed E-state index contributed by atoms with van der Waals surface area (Å²) in [7, 11) is 0. The molecule has 1 aromatic carbocycles. The number of imidazole rings is 1. The molecule has 1 unspecified atom stereocenters. The van der Waals surface area contributed by atoms with Gasteiger partial charge in [-0.05, 0) is 41.8 Å². The van der Waals surface area contributed by atoms with Crippen molar-refractivity contribution < 1.29 is 0 Å². The third-order valence-electron chi connectivity index (χ3n) is 5.00. The van der Waals surface area contributed by atoms with Gasteiger partial charge in [0.25, 0.3) is 0 Å². The highest BCUT2D eigenvalue weighted by Crippen LogP contribution is 2.29. The predicted molar refractivity (Wildman–Crippen MR) is 111 cm³/mol. The van der Waals surface area contributed by atoms with E-state index in [0.717, 1.165) is 40.1 Å². The molecule has 0 spiro atoms. The van der Waals surface area contributed by atoms with Crippen LogP contribution >= 0.6 is 0 Å². The summed E-state index contributed by atoms with van der Waals surface area (Å²) < 4.78 is 2.04. The maximum absolute atomic E-state index is 4.68. The van der Waals surface area contributed by atoms with Crippen LogP contribution in [-0.2, 0) is 6.42 Å². The molecule has 4 aromatic heterocycles. The van der Waals surface area contributed by atoms with Gasteiger partial charge in [-0.1, -0.05) is 24.3 Å². The fourth-order valence-electron chi connectivity index (χ4n) is 3.62. The van der Waals surface area contributed by atoms with Gasteiger partial charge in [-0.25, -0.2) is 9.97 Å². The zero-order valence-corrected chi connectivity index (χ0v) is 15.6. The van der Waals surface area contributed by atoms with Crippen LogP contribution in [0.1, 0.15) is 22.7 Å². The molecule has 0 saturated heterocycles. The molecule has 0 N–H and O–H groups in total. The smallest absolute Gasteiger partial charge is 0.141 e. The molecule has 4 heterocycles. The molecule has 5 rings (SSSR count). The van der Waals surface area contributed by atoms with Gasteiger partial charge in [0, 0.05) is 43.1 Å². The highest BCUT2D eigenvalue weighted by atomic mass is 15.1. The molecule has 0 amide bonds. The van der Waals surface area contributed by atoms with Gasteiger partial charge in [-0.2, -0.15) is 0 Å². The van der Waals surface area contributed by atoms with Gasteiger partial charge in [0.1, 0.15) is 12.1 Å². The van der Waals surface area contributed by atoms with Gasteiger partial charge in [0.15, 0.2) is 0 Å². The lowest BCUT2D eigenvalue weighted by Gasteiger charge is -2.18. The molecule has 0 bridgehead atoms. The van der Waals surface area contributed by atoms with E-state index in [2.05, 4.69) is 43.1 Å². The van der Waals surface area contributed by atoms with Crippen LogP contribution in [0, 0.1) is 0 Å². The van der Waals surface area contributed by atoms with E-state index in [1.54, 1.807) is 18.6 Å². The van der Waals surface area contributed by atoms with Crippen LogP contribution in [0.2, 0.25) is 0 Å². The standard InChI is InChI=1S/C23H18N6/c1-2-8-22-20(7-1)28-16-29(22)23-17(5-4-10-27-23)13-19(18-6-3-9-24-14-18)21-15-25-11-12-26-21/h1-12,14-16,19H,13H2. The van der Waals surface area contributed by atoms with E-state index in [1.807, 2.05) is 59.8 Å². The van der Waals surface area contributed by atoms with Gasteiger partial charge in [0.2, 0.25) is 0 Å². The minimum Gasteiger partial charge on any atom is -0.283 e. The van der Waals surface area contributed by atoms with E-state index >= 15 is 0 Å². The first-order valence-corrected chi connectivity index (χ1v) is 9.42. The summed E-state index contributed by atoms with van der Waals surface area (Å²) >= 11 is 0. The Morgan fingerprint density at radius 2 is 1.66 bits per heavy atom. The Balaban J connectivity index is 1.61. The largest absolute Gasteiger partial charge is 0.283 e. The Morgan fingerprint density at radius 1 is 0.759 bits per heavy atom. The molecule has 140 valence electrons. The molecule has 6 nitrogen and oxygen atoms in total. The second-order valence-electron chi connectivity index (χ2n) is 6.76. The van der Waals surface area contributed by atoms with Crippen LogP contribution in [0.4, 0.5) is 0 Å². The number of para-hydroxylation sites is 2. The van der Waals surface area contributed by atoms with Crippen molar-refractivity contribution >= 4 is 11.0 Å². The first kappa shape index (κ1) is 17.2. The highest BCUT2D eigenvalue weighted by molar-refractivity contribution is 5.77. The van der Waals surface area contributed by atoms with Crippen LogP contribution in [-0.4, -0.2) is 29.5 Å². The monoisotopic (exact) mass is 378 g/mol. The zero-order valence-electron chi connectivity index (χ0n) is 15.6. The van der Waals surface area contributed by atoms with E-state index in [1.165, 1.54) is 0 Å². The van der Waals surface area contributed by atoms with Crippen LogP contribution in [0.3, 0.4) is 0 Å². The topological polar surface area (TPSA) is 69.4 Å². The summed E-state index contributed by atoms with van der Waals surface area (Å²) in [5, 5.41) is 0. The Morgan fingerprint density at radius 3 is 2.52 bits per heavy atom. The van der Waals surface area contributed by atoms with Crippen molar-refractivity contribution in [3.05, 3.63) is 109 Å². The van der Waals surface area contributed by atoms with Crippen LogP contribution in [0.5, 0.6) is 0 Å². The lowest BCUT2D eigenvalue weighted by atomic mass is 9.90. The number of hydrogen-bond donors (Lipinski definition) is 0. The summed E-state index contributed by atoms with van der Waals surface area (Å²) in [6.45, 7) is 0. The number of fused-ring (bicyclic) bond motifs is 1. The number of rotatable bonds is 5. The van der Waals surface area contributed by atoms with Crippen molar-refractivity contribution in [2.45, 2.75) is 12.3 Å². The molecule has 29 heavy (non-hydrogen) atoms. The zero-order chi connectivity index (χ0) is 19.5. The van der Waals surface area contributed by atoms with Crippen molar-refractivity contribution in [2.24, 2.45) is 0 Å². The predicted octanol–water partition coefficient (Wildman–Crippen LogP) is 3.98. The third-order valence-corrected chi connectivity index (χ3v) is 5.00. The number of hydrogen-bond acceptors (Lipinski definition) is 5. The fraction of sp³-hybridized carbons (Fsp3) is 0.0870. The van der Waals surface area contributed by atoms with E-state index in [0.29, 0.717) is 0 Å². The summed E-state index contributed by atoms with van der Waals surface area (Å²) in [6.07, 6.45) is 13.3. The first-order valence-electron chi connectivity index (χ1n) is 9.42. The van der Waals surface area contributed by atoms with Gasteiger partial charge < -0.3 is 0 Å². The van der Waals surface area contributed by atoms with E-state index < -0.39 is 0 Å². The third kappa shape index (κ3) is 3.36. The lowest BCUT2D eigenvalue weighted by molar-refractivity contribution is 0.753. The Labute approximate surface area is 168 Å². The molecular weight excluding hydrogens is 360 g/mol. The van der Waals surface area contributed by atoms with Crippen molar-refractivity contribution in [3.8, 4) is 5.82 Å². The molecule has 6 heteroatoms. The van der Waals surface area contributed by atoms with Gasteiger partial charge >= 0.3 is 0 Å². The highest BCUT2D eigenvalue weighted by Gasteiger charge is 2.20. The maximum atomic E-state index is 4.68. The van der Waals surface area contributed by atoms with Gasteiger partial charge in [0.05, 0.1) is 16.7 Å². The number of benzene rings is 1. The summed E-state index contributed by atoms with van der Waals surface area (Å²) in [4.78, 5) is 22.3. The van der Waals surface area contributed by atoms with E-state index in [9.17, 15) is 0 Å². The SMILES string of the molecule is c1cncc(C(Cc2cccnc2-n2cnc3ccccc32)c2cnccn2)c1. The average Bonchev–Trinajstić information content (AvgIpc) is 3.23. The van der Waals surface area contributed by atoms with Gasteiger partial charge in [-0.15, -0.1) is 0 Å². The summed E-state index contributed by atoms with van der Waals surface area (Å²) in [5.74, 6) is 0.897. The molecule has 0 aliphatic heterocycles. The van der Waals surface area contributed by atoms with Crippen LogP contribution in [0.15, 0.2) is 92.0 Å². The minimum absolute atomic E-state index is 0.0233. The summed E-state index contributed by atoms with van der Waals surface area (Å²) in [6, 6.07) is 16.2. The molecule has 0 fully saturated rings. The van der Waals surface area contributed by atoms with Crippen molar-refractivity contribution in [3.63, 3.8) is 0 Å². The molecular formula is C23H18N6. The maximum Gasteiger partial charge on any atom is 0.141 e. The molecule has 0 aliphatic rings. The van der Waals surface area contributed by atoms with Gasteiger partial charge in [-0.3, -0.25) is 19.5 Å². The molecule has 1 atom stereocenters. The normalized spacial score (nSPS) is 12.1. The Kier molecular flexibility index (Phi) is 4.50. The fourth-order valence-corrected chi connectivity index (χ4v) is 3.62.